The molecule has 12 rings (SSSR count). The van der Waals surface area contributed by atoms with Crippen LogP contribution in [0.2, 0.25) is 0 Å². The molecule has 12 saturated heterocycles. The van der Waals surface area contributed by atoms with E-state index in [2.05, 4.69) is 26.6 Å². The van der Waals surface area contributed by atoms with Crippen molar-refractivity contribution in [1.82, 2.24) is 26.6 Å². The molecule has 0 saturated carbocycles. The predicted octanol–water partition coefficient (Wildman–Crippen LogP) is -25.4. The maximum Gasteiger partial charge on any atom is 0.217 e. The molecule has 147 heavy (non-hydrogen) atoms. The summed E-state index contributed by atoms with van der Waals surface area (Å²) >= 11 is 0. The molecule has 65 heteroatoms. The second-order valence-corrected chi connectivity index (χ2v) is 37.3. The van der Waals surface area contributed by atoms with Crippen LogP contribution in [-0.2, 0) is 133 Å². The van der Waals surface area contributed by atoms with E-state index in [9.17, 15) is 187 Å². The molecule has 0 spiro atoms. The van der Waals surface area contributed by atoms with Crippen molar-refractivity contribution in [3.05, 3.63) is 0 Å². The lowest BCUT2D eigenvalue weighted by molar-refractivity contribution is -0.416. The number of hydrogen-bond acceptors (Lipinski definition) is 60. The van der Waals surface area contributed by atoms with E-state index in [-0.39, 0.29) is 0 Å². The Morgan fingerprint density at radius 3 is 0.884 bits per heavy atom. The molecule has 850 valence electrons. The van der Waals surface area contributed by atoms with Gasteiger partial charge in [0.2, 0.25) is 29.5 Å². The summed E-state index contributed by atoms with van der Waals surface area (Å²) in [6.45, 7) is -8.16. The lowest BCUT2D eigenvalue weighted by Gasteiger charge is -2.53. The van der Waals surface area contributed by atoms with Gasteiger partial charge in [0.1, 0.15) is 287 Å². The number of aliphatic hydroxyl groups is 32. The number of hydrogen-bond donors (Lipinski definition) is 37. The maximum atomic E-state index is 14.1. The van der Waals surface area contributed by atoms with Gasteiger partial charge in [-0.2, -0.15) is 0 Å². The first-order valence-electron chi connectivity index (χ1n) is 47.0. The molecular weight excluding hydrogens is 2010 g/mol. The van der Waals surface area contributed by atoms with E-state index in [1.165, 1.54) is 6.92 Å². The summed E-state index contributed by atoms with van der Waals surface area (Å²) in [5, 5.41) is 377. The van der Waals surface area contributed by atoms with Crippen LogP contribution in [0, 0.1) is 0 Å². The van der Waals surface area contributed by atoms with Crippen molar-refractivity contribution in [2.24, 2.45) is 0 Å². The van der Waals surface area contributed by atoms with Crippen LogP contribution in [-0.4, -0.2) is 634 Å². The molecule has 0 aromatic carbocycles. The van der Waals surface area contributed by atoms with Crippen LogP contribution in [0.25, 0.3) is 0 Å². The summed E-state index contributed by atoms with van der Waals surface area (Å²) in [7, 11) is 0. The van der Waals surface area contributed by atoms with Crippen molar-refractivity contribution in [3.8, 4) is 0 Å². The number of carbonyl (C=O) groups is 5. The van der Waals surface area contributed by atoms with Gasteiger partial charge in [0.25, 0.3) is 0 Å². The third-order valence-electron chi connectivity index (χ3n) is 27.0. The predicted molar refractivity (Wildman–Crippen MR) is 452 cm³/mol. The number of nitrogens with one attached hydrogen (secondary N) is 5. The standard InChI is InChI=1S/C82H137N5O60/c1-18-40(102)51(113)56(118)78(127-18)144-67-39(87-23(6)101)75(135-32(15-96)65(67)143-79-57(119)53(115)44(106)27(10-91)132-79)147-70-59(121)64(140-72-36(84-20(3)98)47(109)41(103)24(7-88)129-72)31(14-95)136-82(70)146-69-61(123)81(141-63-30(13-94)134-74(38(50(63)112)86-22(5)100)139-62-29(12-93)128-71(124)35(49(62)111)83-19(2)97)138-34(66(69)142-73-37(85-21(4)99)48(110)42(104)25(8-89)130-73)17-126-77-60(122)68(145-80-58(120)54(116)45(107)28(11-92)133-80)46(108)33(137-77)16-125-76-55(117)52(114)43(105)26(9-90)131-76/h18,24-82,88-96,102-124H,7-17H2,1-6H3,(H,83,97)(H,84,98)(H,85,99)(H,86,100)(H,87,101)/t18-,24+,25+,26+,27+,28+,29+,30+,31+,32+,33+,34+,35+,36+,37+,38+,39+,40+,41+,42+,43+,44-,45+,46+,47+,48+,49+,50+,51+,52-,53-,54-,55-,56-,57+,58-,59-,60-,61-,62+,63+,64+,65+,66+,67+,68-,69+,70-,71?,72-,73-,74-,75-,76-,77-,78-,79-,80+,81-,82+/m0/s1. The molecule has 0 bridgehead atoms. The molecule has 5 amide bonds. The van der Waals surface area contributed by atoms with Crippen molar-refractivity contribution in [1.29, 1.82) is 0 Å². The van der Waals surface area contributed by atoms with Gasteiger partial charge in [-0.05, 0) is 6.92 Å². The smallest absolute Gasteiger partial charge is 0.217 e. The Morgan fingerprint density at radius 2 is 0.442 bits per heavy atom. The van der Waals surface area contributed by atoms with Gasteiger partial charge < -0.3 is 299 Å². The zero-order valence-corrected chi connectivity index (χ0v) is 79.2. The van der Waals surface area contributed by atoms with Crippen LogP contribution in [0.1, 0.15) is 41.5 Å². The quantitative estimate of drug-likeness (QED) is 0.0273. The minimum absolute atomic E-state index is 0.827. The minimum atomic E-state index is -2.96. The Bertz CT molecular complexity index is 4110. The van der Waals surface area contributed by atoms with Crippen LogP contribution < -0.4 is 26.6 Å². The van der Waals surface area contributed by atoms with Crippen LogP contribution in [0.15, 0.2) is 0 Å². The molecule has 12 fully saturated rings. The van der Waals surface area contributed by atoms with Crippen molar-refractivity contribution in [2.75, 3.05) is 72.7 Å². The molecule has 12 aliphatic heterocycles. The Labute approximate surface area is 832 Å². The van der Waals surface area contributed by atoms with E-state index in [0.717, 1.165) is 34.6 Å². The van der Waals surface area contributed by atoms with Gasteiger partial charge in [0.05, 0.1) is 78.8 Å². The van der Waals surface area contributed by atoms with Gasteiger partial charge in [-0.3, -0.25) is 24.0 Å². The summed E-state index contributed by atoms with van der Waals surface area (Å²) in [4.78, 5) is 66.6. The SMILES string of the molecule is CC(=O)N[C@H]1[C@H](O[C@H]2[C@H](O)[C@@H](NC(C)=O)C(O)O[C@@H]2CO)O[C@H](CO)[C@@H](O[C@@H]2O[C@H](CO[C@H]3O[C@H](CO[C@H]4O[C@H](CO)[C@@H](O)[C@H](O)[C@@H]4O)[C@@H](O)[C@H](O[C@H]4O[C@H](CO)[C@@H](O)[C@H](O)[C@@H]4O)[C@@H]3O)[C@@H](O[C@@H]3O[C@H](CO)[C@@H](O)[C@H](O)[C@H]3NC(C)=O)[C@H](O[C@H]3O[C@H](CO)[C@@H](O[C@@H]4O[C@H](CO)[C@@H](O)[C@H](O)[C@H]4NC(C)=O)[C@H](O)[C@@H]3O[C@@H]3O[C@H](CO)[C@@H](O[C@@H]4O[C@H](CO)[C@H](O)[C@H](O)[C@H]4O)[C@H](O[C@@H]4O[C@@H](C)[C@@H](O)[C@@H](O)[C@@H]4O)[C@H]3NC(C)=O)[C@@H]2O)[C@@H]1O. The Morgan fingerprint density at radius 1 is 0.190 bits per heavy atom. The van der Waals surface area contributed by atoms with Gasteiger partial charge in [0.15, 0.2) is 75.5 Å². The van der Waals surface area contributed by atoms with E-state index < -0.39 is 470 Å². The molecule has 37 N–H and O–H groups in total. The van der Waals surface area contributed by atoms with Gasteiger partial charge >= 0.3 is 0 Å². The topological polar surface area (TPSA) is 1010 Å². The van der Waals surface area contributed by atoms with E-state index in [1.54, 1.807) is 0 Å². The van der Waals surface area contributed by atoms with Gasteiger partial charge in [-0.1, -0.05) is 0 Å². The Kier molecular flexibility index (Phi) is 43.4. The van der Waals surface area contributed by atoms with E-state index in [1.807, 2.05) is 0 Å². The van der Waals surface area contributed by atoms with Crippen molar-refractivity contribution in [3.63, 3.8) is 0 Å². The largest absolute Gasteiger partial charge is 0.394 e. The first-order valence-corrected chi connectivity index (χ1v) is 47.0. The molecule has 60 atom stereocenters. The molecule has 1 unspecified atom stereocenters. The van der Waals surface area contributed by atoms with Crippen molar-refractivity contribution >= 4 is 29.5 Å². The monoisotopic (exact) mass is 2150 g/mol. The number of carbonyl (C=O) groups excluding carboxylic acids is 5. The lowest BCUT2D eigenvalue weighted by Crippen LogP contribution is -2.72. The lowest BCUT2D eigenvalue weighted by atomic mass is 9.93. The van der Waals surface area contributed by atoms with Crippen LogP contribution in [0.3, 0.4) is 0 Å². The zero-order valence-electron chi connectivity index (χ0n) is 79.2. The average molecular weight is 2150 g/mol. The summed E-state index contributed by atoms with van der Waals surface area (Å²) in [6, 6.07) is -10.4. The van der Waals surface area contributed by atoms with E-state index in [0.29, 0.717) is 0 Å². The van der Waals surface area contributed by atoms with E-state index in [4.69, 9.17) is 109 Å². The fourth-order valence-corrected chi connectivity index (χ4v) is 19.2. The van der Waals surface area contributed by atoms with Crippen LogP contribution in [0.5, 0.6) is 0 Å². The summed E-state index contributed by atoms with van der Waals surface area (Å²) < 4.78 is 142. The number of aliphatic hydroxyl groups excluding tert-OH is 32. The Hall–Kier alpha value is -4.85. The van der Waals surface area contributed by atoms with E-state index >= 15 is 0 Å². The van der Waals surface area contributed by atoms with Gasteiger partial charge in [-0.15, -0.1) is 0 Å². The maximum absolute atomic E-state index is 14.1. The fraction of sp³-hybridized carbons (Fsp3) is 0.939. The first-order chi connectivity index (χ1) is 69.5. The second kappa shape index (κ2) is 52.8. The minimum Gasteiger partial charge on any atom is -0.394 e. The molecule has 12 heterocycles. The second-order valence-electron chi connectivity index (χ2n) is 37.3. The molecule has 0 aromatic heterocycles. The molecule has 12 aliphatic rings. The molecule has 0 aliphatic carbocycles. The van der Waals surface area contributed by atoms with Crippen LogP contribution in [0.4, 0.5) is 0 Å². The highest BCUT2D eigenvalue weighted by Crippen LogP contribution is 2.44. The molecule has 65 nitrogen and oxygen atoms in total. The fourth-order valence-electron chi connectivity index (χ4n) is 19.2. The van der Waals surface area contributed by atoms with Gasteiger partial charge in [-0.25, -0.2) is 0 Å². The first kappa shape index (κ1) is 121. The molecular formula is C82H137N5O60. The number of amides is 5. The third kappa shape index (κ3) is 26.8. The summed E-state index contributed by atoms with van der Waals surface area (Å²) in [6.07, 6.45) is -125. The van der Waals surface area contributed by atoms with Crippen molar-refractivity contribution < 1.29 is 296 Å². The number of rotatable bonds is 38. The Balaban J connectivity index is 1.04. The number of ether oxygens (including phenoxy) is 23. The summed E-state index contributed by atoms with van der Waals surface area (Å²) in [5.74, 6) is -5.17. The highest BCUT2D eigenvalue weighted by molar-refractivity contribution is 5.75. The van der Waals surface area contributed by atoms with Crippen molar-refractivity contribution in [2.45, 2.75) is 410 Å². The van der Waals surface area contributed by atoms with Crippen LogP contribution >= 0.6 is 0 Å². The third-order valence-corrected chi connectivity index (χ3v) is 27.0. The summed E-state index contributed by atoms with van der Waals surface area (Å²) in [5.41, 5.74) is 0. The highest BCUT2D eigenvalue weighted by atomic mass is 16.8. The highest BCUT2D eigenvalue weighted by Gasteiger charge is 2.65. The molecule has 0 radical (unpaired) electrons. The zero-order chi connectivity index (χ0) is 108. The average Bonchev–Trinajstić information content (AvgIpc) is 0.750. The normalized spacial score (nSPS) is 49.6. The molecule has 0 aromatic rings. The van der Waals surface area contributed by atoms with Gasteiger partial charge in [0, 0.05) is 34.6 Å².